The van der Waals surface area contributed by atoms with Gasteiger partial charge in [-0.3, -0.25) is 0 Å². The number of halogens is 3. The fourth-order valence-corrected chi connectivity index (χ4v) is 4.45. The van der Waals surface area contributed by atoms with Crippen LogP contribution in [0.2, 0.25) is 6.04 Å². The lowest BCUT2D eigenvalue weighted by Gasteiger charge is -2.17. The third kappa shape index (κ3) is 8.05. The van der Waals surface area contributed by atoms with Crippen LogP contribution in [-0.2, 0) is 0 Å². The number of hydrogen-bond acceptors (Lipinski definition) is 1. The molecule has 0 saturated carbocycles. The smallest absolute Gasteiger partial charge is 0.179 e. The Morgan fingerprint density at radius 3 is 2.25 bits per heavy atom. The molecule has 0 saturated heterocycles. The summed E-state index contributed by atoms with van der Waals surface area (Å²) in [6.45, 7) is 2.15. The molecule has 1 atom stereocenters. The maximum Gasteiger partial charge on any atom is 0.341 e. The molecule has 0 radical (unpaired) electrons. The molecule has 0 aromatic rings. The van der Waals surface area contributed by atoms with Gasteiger partial charge in [0.15, 0.2) is 0 Å². The summed E-state index contributed by atoms with van der Waals surface area (Å²) in [6, 6.07) is -1.61. The van der Waals surface area contributed by atoms with Crippen molar-refractivity contribution >= 4 is 51.9 Å². The number of rotatable bonds is 6. The maximum atomic E-state index is 5.84. The van der Waals surface area contributed by atoms with Crippen molar-refractivity contribution < 1.29 is 0 Å². The zero-order valence-electron chi connectivity index (χ0n) is 7.19. The molecule has 0 aromatic carbocycles. The van der Waals surface area contributed by atoms with Crippen LogP contribution in [0, 0.1) is 5.92 Å². The van der Waals surface area contributed by atoms with E-state index in [-0.39, 0.29) is 0 Å². The van der Waals surface area contributed by atoms with E-state index < -0.39 is 6.00 Å². The van der Waals surface area contributed by atoms with Crippen LogP contribution < -0.4 is 0 Å². The van der Waals surface area contributed by atoms with Gasteiger partial charge in [0, 0.05) is 0 Å². The van der Waals surface area contributed by atoms with Gasteiger partial charge in [0.1, 0.15) is 0 Å². The van der Waals surface area contributed by atoms with Crippen LogP contribution in [-0.4, -0.2) is 11.8 Å². The van der Waals surface area contributed by atoms with Gasteiger partial charge in [0.2, 0.25) is 0 Å². The summed E-state index contributed by atoms with van der Waals surface area (Å²) in [6.07, 6.45) is 3.37. The van der Waals surface area contributed by atoms with Gasteiger partial charge in [-0.1, -0.05) is 13.3 Å². The molecule has 74 valence electrons. The van der Waals surface area contributed by atoms with E-state index in [4.69, 9.17) is 33.2 Å². The van der Waals surface area contributed by atoms with Crippen molar-refractivity contribution in [2.75, 3.05) is 5.75 Å². The Morgan fingerprint density at radius 1 is 1.33 bits per heavy atom. The Hall–Kier alpha value is 1.44. The van der Waals surface area contributed by atoms with Crippen LogP contribution in [0.5, 0.6) is 0 Å². The van der Waals surface area contributed by atoms with Crippen molar-refractivity contribution in [3.63, 3.8) is 0 Å². The first-order chi connectivity index (χ1) is 5.49. The Morgan fingerprint density at radius 2 is 1.92 bits per heavy atom. The molecule has 0 aromatic heterocycles. The minimum Gasteiger partial charge on any atom is -0.179 e. The second kappa shape index (κ2) is 6.83. The molecule has 0 aliphatic carbocycles. The molecule has 0 rings (SSSR count). The predicted octanol–water partition coefficient (Wildman–Crippen LogP) is 4.38. The Balaban J connectivity index is 3.67. The first-order valence-corrected chi connectivity index (χ1v) is 10.0. The van der Waals surface area contributed by atoms with E-state index in [1.54, 1.807) is 0 Å². The van der Waals surface area contributed by atoms with Gasteiger partial charge in [-0.25, -0.2) is 0 Å². The largest absolute Gasteiger partial charge is 0.341 e. The second-order valence-electron chi connectivity index (χ2n) is 2.96. The summed E-state index contributed by atoms with van der Waals surface area (Å²) in [5.41, 5.74) is 0. The van der Waals surface area contributed by atoms with Gasteiger partial charge >= 0.3 is 6.00 Å². The summed E-state index contributed by atoms with van der Waals surface area (Å²) in [5, 5.41) is 0. The zero-order chi connectivity index (χ0) is 9.61. The Bertz CT molecular complexity index is 116. The third-order valence-electron chi connectivity index (χ3n) is 1.87. The van der Waals surface area contributed by atoms with Crippen LogP contribution in [0.25, 0.3) is 0 Å². The Labute approximate surface area is 95.5 Å². The van der Waals surface area contributed by atoms with Crippen molar-refractivity contribution in [2.45, 2.75) is 32.2 Å². The monoisotopic (exact) mass is 264 g/mol. The minimum absolute atomic E-state index is 0.580. The third-order valence-corrected chi connectivity index (χ3v) is 4.61. The lowest BCUT2D eigenvalue weighted by molar-refractivity contribution is 0.509. The highest BCUT2D eigenvalue weighted by Gasteiger charge is 2.28. The van der Waals surface area contributed by atoms with Gasteiger partial charge in [0.05, 0.1) is 0 Å². The van der Waals surface area contributed by atoms with E-state index in [2.05, 4.69) is 19.6 Å². The van der Waals surface area contributed by atoms with Crippen LogP contribution >= 0.6 is 45.9 Å². The van der Waals surface area contributed by atoms with E-state index in [1.807, 2.05) is 0 Å². The SMILES string of the molecule is CCC(CCCS)C[Si](Cl)(Cl)Cl. The molecule has 0 heterocycles. The second-order valence-corrected chi connectivity index (χ2v) is 12.6. The zero-order valence-corrected chi connectivity index (χ0v) is 11.4. The lowest BCUT2D eigenvalue weighted by atomic mass is 10.0. The van der Waals surface area contributed by atoms with E-state index in [9.17, 15) is 0 Å². The highest BCUT2D eigenvalue weighted by molar-refractivity contribution is 7.80. The average Bonchev–Trinajstić information content (AvgIpc) is 1.95. The molecule has 0 aliphatic heterocycles. The summed E-state index contributed by atoms with van der Waals surface area (Å²) < 4.78 is 0. The summed E-state index contributed by atoms with van der Waals surface area (Å²) in [7, 11) is 0. The van der Waals surface area contributed by atoms with Crippen molar-refractivity contribution in [3.05, 3.63) is 0 Å². The van der Waals surface area contributed by atoms with Crippen molar-refractivity contribution in [2.24, 2.45) is 5.92 Å². The quantitative estimate of drug-likeness (QED) is 0.411. The van der Waals surface area contributed by atoms with Crippen molar-refractivity contribution in [1.29, 1.82) is 0 Å². The van der Waals surface area contributed by atoms with Crippen molar-refractivity contribution in [1.82, 2.24) is 0 Å². The molecule has 0 amide bonds. The standard InChI is InChI=1S/C7H15Cl3SSi/c1-2-7(4-3-5-11)6-12(8,9)10/h7,11H,2-6H2,1H3. The molecule has 0 spiro atoms. The lowest BCUT2D eigenvalue weighted by Crippen LogP contribution is -2.15. The van der Waals surface area contributed by atoms with Crippen LogP contribution in [0.1, 0.15) is 26.2 Å². The molecular weight excluding hydrogens is 251 g/mol. The minimum atomic E-state index is -2.40. The average molecular weight is 266 g/mol. The maximum absolute atomic E-state index is 5.84. The van der Waals surface area contributed by atoms with Gasteiger partial charge in [0.25, 0.3) is 0 Å². The van der Waals surface area contributed by atoms with Gasteiger partial charge < -0.3 is 0 Å². The first-order valence-electron chi connectivity index (χ1n) is 4.17. The van der Waals surface area contributed by atoms with Crippen molar-refractivity contribution in [3.8, 4) is 0 Å². The molecule has 5 heteroatoms. The molecule has 1 unspecified atom stereocenters. The predicted molar refractivity (Wildman–Crippen MR) is 65.0 cm³/mol. The topological polar surface area (TPSA) is 0 Å². The molecule has 0 N–H and O–H groups in total. The molecule has 0 fully saturated rings. The van der Waals surface area contributed by atoms with Gasteiger partial charge in [-0.05, 0) is 30.6 Å². The molecule has 0 aliphatic rings. The van der Waals surface area contributed by atoms with Crippen LogP contribution in [0.3, 0.4) is 0 Å². The number of thiol groups is 1. The van der Waals surface area contributed by atoms with Gasteiger partial charge in [-0.2, -0.15) is 12.6 Å². The summed E-state index contributed by atoms with van der Waals surface area (Å²) in [5.74, 6) is 1.51. The van der Waals surface area contributed by atoms with Crippen LogP contribution in [0.15, 0.2) is 0 Å². The Kier molecular flexibility index (Phi) is 7.64. The first kappa shape index (κ1) is 13.4. The van der Waals surface area contributed by atoms with E-state index >= 15 is 0 Å². The fraction of sp³-hybridized carbons (Fsp3) is 1.00. The number of hydrogen-bond donors (Lipinski definition) is 1. The van der Waals surface area contributed by atoms with Gasteiger partial charge in [-0.15, -0.1) is 33.2 Å². The molecular formula is C7H15Cl3SSi. The fourth-order valence-electron chi connectivity index (χ4n) is 1.16. The van der Waals surface area contributed by atoms with E-state index in [1.165, 1.54) is 0 Å². The summed E-state index contributed by atoms with van der Waals surface area (Å²) in [4.78, 5) is 0. The summed E-state index contributed by atoms with van der Waals surface area (Å²) >= 11 is 21.7. The molecule has 0 nitrogen and oxygen atoms in total. The van der Waals surface area contributed by atoms with E-state index in [0.29, 0.717) is 5.92 Å². The molecule has 0 bridgehead atoms. The highest BCUT2D eigenvalue weighted by Crippen LogP contribution is 2.32. The van der Waals surface area contributed by atoms with Crippen LogP contribution in [0.4, 0.5) is 0 Å². The normalized spacial score (nSPS) is 14.8. The van der Waals surface area contributed by atoms with E-state index in [0.717, 1.165) is 31.1 Å². The molecule has 12 heavy (non-hydrogen) atoms. The highest BCUT2D eigenvalue weighted by atomic mass is 35.8.